The smallest absolute Gasteiger partial charge is 0.260 e. The third-order valence-electron chi connectivity index (χ3n) is 5.37. The Bertz CT molecular complexity index is 1190. The van der Waals surface area contributed by atoms with E-state index in [1.165, 1.54) is 0 Å². The molecular formula is C26H26N4O3Si. The Balaban J connectivity index is 1.47. The van der Waals surface area contributed by atoms with Gasteiger partial charge in [-0.15, -0.1) is 0 Å². The maximum atomic E-state index is 12.7. The van der Waals surface area contributed by atoms with Gasteiger partial charge in [-0.3, -0.25) is 20.1 Å². The lowest BCUT2D eigenvalue weighted by atomic mass is 10.0. The van der Waals surface area contributed by atoms with Crippen molar-refractivity contribution in [1.82, 2.24) is 10.5 Å². The fourth-order valence-corrected chi connectivity index (χ4v) is 4.99. The highest BCUT2D eigenvalue weighted by Crippen LogP contribution is 2.31. The van der Waals surface area contributed by atoms with Gasteiger partial charge in [0.25, 0.3) is 5.91 Å². The van der Waals surface area contributed by atoms with Crippen LogP contribution < -0.4 is 10.8 Å². The van der Waals surface area contributed by atoms with Crippen molar-refractivity contribution in [3.8, 4) is 6.07 Å². The van der Waals surface area contributed by atoms with Gasteiger partial charge >= 0.3 is 0 Å². The van der Waals surface area contributed by atoms with E-state index in [1.54, 1.807) is 18.5 Å². The van der Waals surface area contributed by atoms with Crippen LogP contribution in [0.1, 0.15) is 22.8 Å². The van der Waals surface area contributed by atoms with E-state index in [0.29, 0.717) is 17.4 Å². The highest BCUT2D eigenvalue weighted by molar-refractivity contribution is 6.71. The Kier molecular flexibility index (Phi) is 7.18. The van der Waals surface area contributed by atoms with Crippen molar-refractivity contribution in [2.45, 2.75) is 31.3 Å². The van der Waals surface area contributed by atoms with Gasteiger partial charge in [0.2, 0.25) is 8.32 Å². The summed E-state index contributed by atoms with van der Waals surface area (Å²) in [5.74, 6) is -0.280. The molecule has 1 aromatic heterocycles. The van der Waals surface area contributed by atoms with Crippen LogP contribution in [-0.2, 0) is 14.1 Å². The number of pyridine rings is 1. The van der Waals surface area contributed by atoms with Gasteiger partial charge in [-0.05, 0) is 54.6 Å². The van der Waals surface area contributed by atoms with Crippen LogP contribution in [0, 0.1) is 11.3 Å². The Morgan fingerprint density at radius 1 is 1.15 bits per heavy atom. The van der Waals surface area contributed by atoms with E-state index >= 15 is 0 Å². The Morgan fingerprint density at radius 2 is 1.88 bits per heavy atom. The van der Waals surface area contributed by atoms with Gasteiger partial charge in [0.05, 0.1) is 23.9 Å². The fraction of sp³-hybridized carbons (Fsp3) is 0.192. The van der Waals surface area contributed by atoms with Gasteiger partial charge in [-0.2, -0.15) is 5.26 Å². The number of hydrogen-bond donors (Lipinski definition) is 2. The molecule has 2 heterocycles. The Morgan fingerprint density at radius 3 is 2.56 bits per heavy atom. The number of anilines is 1. The number of carbonyl (C=O) groups excluding carboxylic acids is 1. The molecule has 2 aromatic carbocycles. The summed E-state index contributed by atoms with van der Waals surface area (Å²) in [5.41, 5.74) is 6.97. The molecule has 7 nitrogen and oxygen atoms in total. The Hall–Kier alpha value is -3.77. The summed E-state index contributed by atoms with van der Waals surface area (Å²) in [5, 5.41) is 12.1. The maximum Gasteiger partial charge on any atom is 0.260 e. The quantitative estimate of drug-likeness (QED) is 0.459. The molecule has 0 radical (unpaired) electrons. The number of carbonyl (C=O) groups is 1. The van der Waals surface area contributed by atoms with E-state index < -0.39 is 14.4 Å². The van der Waals surface area contributed by atoms with Gasteiger partial charge < -0.3 is 9.74 Å². The molecule has 4 rings (SSSR count). The summed E-state index contributed by atoms with van der Waals surface area (Å²) < 4.78 is 6.49. The first-order valence-electron chi connectivity index (χ1n) is 11.0. The minimum Gasteiger partial charge on any atom is -0.405 e. The molecule has 2 N–H and O–H groups in total. The molecule has 0 saturated heterocycles. The molecule has 2 unspecified atom stereocenters. The molecule has 8 heteroatoms. The molecule has 1 aliphatic heterocycles. The summed E-state index contributed by atoms with van der Waals surface area (Å²) >= 11 is 0. The van der Waals surface area contributed by atoms with Crippen molar-refractivity contribution in [2.75, 3.05) is 5.32 Å². The van der Waals surface area contributed by atoms with Crippen molar-refractivity contribution < 1.29 is 14.1 Å². The first kappa shape index (κ1) is 23.4. The molecule has 0 bridgehead atoms. The standard InChI is InChI=1S/C26H26N4O3Si/c1-34(2,16-14-27)33-25(19-7-4-3-5-8-19)20-10-12-22(13-11-20)29-26(31)24-17-23(30-32-24)21-9-6-15-28-18-21/h3-13,15,17-18,24-25,30H,16H2,1-2H3,(H,29,31). The summed E-state index contributed by atoms with van der Waals surface area (Å²) in [6, 6.07) is 23.9. The second-order valence-electron chi connectivity index (χ2n) is 8.58. The molecule has 172 valence electrons. The van der Waals surface area contributed by atoms with Crippen LogP contribution in [0.4, 0.5) is 5.69 Å². The largest absolute Gasteiger partial charge is 0.405 e. The average Bonchev–Trinajstić information content (AvgIpc) is 3.35. The monoisotopic (exact) mass is 470 g/mol. The summed E-state index contributed by atoms with van der Waals surface area (Å²) in [6.07, 6.45) is 4.07. The zero-order valence-corrected chi connectivity index (χ0v) is 20.1. The molecule has 34 heavy (non-hydrogen) atoms. The van der Waals surface area contributed by atoms with Crippen LogP contribution in [-0.4, -0.2) is 25.3 Å². The van der Waals surface area contributed by atoms with Crippen molar-refractivity contribution in [3.05, 3.63) is 102 Å². The van der Waals surface area contributed by atoms with E-state index in [-0.39, 0.29) is 12.0 Å². The molecule has 0 aliphatic carbocycles. The number of hydroxylamine groups is 1. The first-order chi connectivity index (χ1) is 16.4. The lowest BCUT2D eigenvalue weighted by Crippen LogP contribution is -2.32. The lowest BCUT2D eigenvalue weighted by Gasteiger charge is -2.28. The van der Waals surface area contributed by atoms with Gasteiger partial charge in [0, 0.05) is 23.6 Å². The second kappa shape index (κ2) is 10.4. The topological polar surface area (TPSA) is 96.3 Å². The molecule has 0 spiro atoms. The highest BCUT2D eigenvalue weighted by Gasteiger charge is 2.29. The number of benzene rings is 2. The Labute approximate surface area is 200 Å². The highest BCUT2D eigenvalue weighted by atomic mass is 28.4. The van der Waals surface area contributed by atoms with Gasteiger partial charge in [0.15, 0.2) is 6.10 Å². The van der Waals surface area contributed by atoms with Crippen LogP contribution in [0.5, 0.6) is 0 Å². The van der Waals surface area contributed by atoms with Crippen molar-refractivity contribution in [1.29, 1.82) is 5.26 Å². The number of hydrogen-bond acceptors (Lipinski definition) is 6. The van der Waals surface area contributed by atoms with E-state index in [9.17, 15) is 10.1 Å². The van der Waals surface area contributed by atoms with E-state index in [4.69, 9.17) is 9.26 Å². The van der Waals surface area contributed by atoms with Crippen molar-refractivity contribution in [2.24, 2.45) is 0 Å². The molecule has 1 aliphatic rings. The SMILES string of the molecule is C[Si](C)(CC#N)OC(c1ccccc1)c1ccc(NC(=O)C2C=C(c3cccnc3)NO2)cc1. The van der Waals surface area contributed by atoms with Gasteiger partial charge in [0.1, 0.15) is 0 Å². The van der Waals surface area contributed by atoms with Crippen LogP contribution in [0.25, 0.3) is 5.70 Å². The van der Waals surface area contributed by atoms with Crippen LogP contribution in [0.15, 0.2) is 85.2 Å². The van der Waals surface area contributed by atoms with Crippen molar-refractivity contribution >= 4 is 25.6 Å². The van der Waals surface area contributed by atoms with Gasteiger partial charge in [-0.1, -0.05) is 42.5 Å². The summed E-state index contributed by atoms with van der Waals surface area (Å²) in [7, 11) is -2.19. The number of nitriles is 1. The van der Waals surface area contributed by atoms with E-state index in [2.05, 4.69) is 21.9 Å². The molecule has 2 atom stereocenters. The number of aromatic nitrogens is 1. The number of nitrogens with one attached hydrogen (secondary N) is 2. The molecular weight excluding hydrogens is 444 g/mol. The number of nitrogens with zero attached hydrogens (tertiary/aromatic N) is 2. The summed E-state index contributed by atoms with van der Waals surface area (Å²) in [6.45, 7) is 4.09. The minimum atomic E-state index is -2.19. The zero-order chi connectivity index (χ0) is 24.0. The van der Waals surface area contributed by atoms with E-state index in [0.717, 1.165) is 16.7 Å². The minimum absolute atomic E-state index is 0.280. The average molecular weight is 471 g/mol. The zero-order valence-electron chi connectivity index (χ0n) is 19.1. The fourth-order valence-electron chi connectivity index (χ4n) is 3.61. The molecule has 0 saturated carbocycles. The maximum absolute atomic E-state index is 12.7. The molecule has 1 amide bonds. The third-order valence-corrected chi connectivity index (χ3v) is 7.25. The normalized spacial score (nSPS) is 16.1. The van der Waals surface area contributed by atoms with Crippen LogP contribution in [0.2, 0.25) is 19.1 Å². The lowest BCUT2D eigenvalue weighted by molar-refractivity contribution is -0.125. The van der Waals surface area contributed by atoms with Crippen molar-refractivity contribution in [3.63, 3.8) is 0 Å². The van der Waals surface area contributed by atoms with Crippen LogP contribution in [0.3, 0.4) is 0 Å². The first-order valence-corrected chi connectivity index (χ1v) is 14.1. The predicted octanol–water partition coefficient (Wildman–Crippen LogP) is 4.80. The second-order valence-corrected chi connectivity index (χ2v) is 12.7. The number of amides is 1. The van der Waals surface area contributed by atoms with E-state index in [1.807, 2.05) is 79.8 Å². The molecule has 3 aromatic rings. The number of rotatable bonds is 8. The summed E-state index contributed by atoms with van der Waals surface area (Å²) in [4.78, 5) is 22.2. The van der Waals surface area contributed by atoms with Gasteiger partial charge in [-0.25, -0.2) is 0 Å². The van der Waals surface area contributed by atoms with Crippen LogP contribution >= 0.6 is 0 Å². The predicted molar refractivity (Wildman–Crippen MR) is 133 cm³/mol. The molecule has 0 fully saturated rings. The third kappa shape index (κ3) is 5.77.